The summed E-state index contributed by atoms with van der Waals surface area (Å²) in [7, 11) is -0.780. The Morgan fingerprint density at radius 3 is 2.94 bits per heavy atom. The van der Waals surface area contributed by atoms with Crippen LogP contribution in [0.15, 0.2) is 17.2 Å². The summed E-state index contributed by atoms with van der Waals surface area (Å²) in [5.74, 6) is 1.02. The highest BCUT2D eigenvalue weighted by atomic mass is 32.2. The summed E-state index contributed by atoms with van der Waals surface area (Å²) in [6, 6.07) is 0. The second kappa shape index (κ2) is 7.21. The molecule has 0 amide bonds. The van der Waals surface area contributed by atoms with Gasteiger partial charge in [0.1, 0.15) is 0 Å². The molecule has 0 aliphatic rings. The zero-order valence-corrected chi connectivity index (χ0v) is 11.1. The number of nitrogens with zero attached hydrogens (tertiary/aromatic N) is 2. The average Bonchev–Trinajstić information content (AvgIpc) is 2.29. The molecule has 0 radical (unpaired) electrons. The first-order chi connectivity index (χ1) is 8.15. The summed E-state index contributed by atoms with van der Waals surface area (Å²) >= 11 is 0. The second-order valence-corrected chi connectivity index (χ2v) is 5.39. The molecule has 0 bridgehead atoms. The summed E-state index contributed by atoms with van der Waals surface area (Å²) in [6.45, 7) is 3.35. The third-order valence-corrected chi connectivity index (χ3v) is 3.14. The lowest BCUT2D eigenvalue weighted by Gasteiger charge is -2.07. The Kier molecular flexibility index (Phi) is 5.90. The normalized spacial score (nSPS) is 12.4. The van der Waals surface area contributed by atoms with Gasteiger partial charge in [0.05, 0.1) is 0 Å². The fourth-order valence-electron chi connectivity index (χ4n) is 1.47. The van der Waals surface area contributed by atoms with Gasteiger partial charge in [0.2, 0.25) is 0 Å². The van der Waals surface area contributed by atoms with E-state index in [2.05, 4.69) is 10.3 Å². The monoisotopic (exact) mass is 257 g/mol. The van der Waals surface area contributed by atoms with Crippen LogP contribution in [0.4, 0.5) is 5.82 Å². The lowest BCUT2D eigenvalue weighted by atomic mass is 10.4. The predicted octanol–water partition coefficient (Wildman–Crippen LogP) is 0.834. The maximum Gasteiger partial charge on any atom is 0.293 e. The third-order valence-electron chi connectivity index (χ3n) is 2.28. The Labute approximate surface area is 104 Å². The molecular formula is C11H19N3O2S. The summed E-state index contributed by atoms with van der Waals surface area (Å²) in [6.07, 6.45) is 6.68. The van der Waals surface area contributed by atoms with Crippen LogP contribution in [0.3, 0.4) is 0 Å². The molecule has 0 spiro atoms. The van der Waals surface area contributed by atoms with Crippen molar-refractivity contribution in [3.63, 3.8) is 0 Å². The SMILES string of the molecule is CCCn1ccnc(NCCCS(C)=O)c1=O. The van der Waals surface area contributed by atoms with Gasteiger partial charge in [-0.3, -0.25) is 9.00 Å². The molecule has 96 valence electrons. The van der Waals surface area contributed by atoms with Gasteiger partial charge in [0.25, 0.3) is 5.56 Å². The quantitative estimate of drug-likeness (QED) is 0.735. The fraction of sp³-hybridized carbons (Fsp3) is 0.636. The van der Waals surface area contributed by atoms with Crippen LogP contribution >= 0.6 is 0 Å². The van der Waals surface area contributed by atoms with Crippen LogP contribution in [0.5, 0.6) is 0 Å². The molecule has 0 fully saturated rings. The molecule has 0 aliphatic carbocycles. The summed E-state index contributed by atoms with van der Waals surface area (Å²) in [5, 5.41) is 2.99. The van der Waals surface area contributed by atoms with E-state index in [0.29, 0.717) is 24.7 Å². The smallest absolute Gasteiger partial charge is 0.293 e. The first-order valence-electron chi connectivity index (χ1n) is 5.74. The van der Waals surface area contributed by atoms with E-state index in [1.54, 1.807) is 23.2 Å². The van der Waals surface area contributed by atoms with Gasteiger partial charge in [-0.1, -0.05) is 6.92 Å². The molecule has 1 aromatic heterocycles. The first-order valence-corrected chi connectivity index (χ1v) is 7.47. The van der Waals surface area contributed by atoms with Crippen molar-refractivity contribution in [3.8, 4) is 0 Å². The van der Waals surface area contributed by atoms with Crippen molar-refractivity contribution in [2.24, 2.45) is 0 Å². The Hall–Kier alpha value is -1.17. The summed E-state index contributed by atoms with van der Waals surface area (Å²) < 4.78 is 12.5. The molecule has 0 saturated heterocycles. The third kappa shape index (κ3) is 4.68. The molecule has 1 N–H and O–H groups in total. The van der Waals surface area contributed by atoms with Gasteiger partial charge in [0, 0.05) is 48.3 Å². The van der Waals surface area contributed by atoms with Crippen LogP contribution in [0.1, 0.15) is 19.8 Å². The zero-order valence-electron chi connectivity index (χ0n) is 10.3. The Balaban J connectivity index is 2.56. The molecule has 1 unspecified atom stereocenters. The number of aromatic nitrogens is 2. The van der Waals surface area contributed by atoms with Gasteiger partial charge >= 0.3 is 0 Å². The molecule has 1 heterocycles. The highest BCUT2D eigenvalue weighted by Crippen LogP contribution is 1.95. The van der Waals surface area contributed by atoms with Crippen LogP contribution in [0, 0.1) is 0 Å². The van der Waals surface area contributed by atoms with Gasteiger partial charge < -0.3 is 9.88 Å². The van der Waals surface area contributed by atoms with Gasteiger partial charge in [-0.15, -0.1) is 0 Å². The van der Waals surface area contributed by atoms with E-state index in [1.165, 1.54) is 0 Å². The largest absolute Gasteiger partial charge is 0.365 e. The molecule has 0 saturated carbocycles. The van der Waals surface area contributed by atoms with E-state index < -0.39 is 10.8 Å². The predicted molar refractivity (Wildman–Crippen MR) is 70.8 cm³/mol. The number of anilines is 1. The molecular weight excluding hydrogens is 238 g/mol. The standard InChI is InChI=1S/C11H19N3O2S/c1-3-7-14-8-6-13-10(11(14)15)12-5-4-9-17(2)16/h6,8H,3-5,7,9H2,1-2H3,(H,12,13). The number of hydrogen-bond donors (Lipinski definition) is 1. The Morgan fingerprint density at radius 2 is 2.29 bits per heavy atom. The minimum Gasteiger partial charge on any atom is -0.365 e. The maximum absolute atomic E-state index is 11.9. The molecule has 1 aromatic rings. The van der Waals surface area contributed by atoms with Crippen LogP contribution < -0.4 is 10.9 Å². The highest BCUT2D eigenvalue weighted by Gasteiger charge is 2.03. The fourth-order valence-corrected chi connectivity index (χ4v) is 2.02. The van der Waals surface area contributed by atoms with Crippen molar-refractivity contribution in [1.29, 1.82) is 0 Å². The number of aryl methyl sites for hydroxylation is 1. The molecule has 17 heavy (non-hydrogen) atoms. The number of hydrogen-bond acceptors (Lipinski definition) is 4. The summed E-state index contributed by atoms with van der Waals surface area (Å²) in [4.78, 5) is 15.9. The second-order valence-electron chi connectivity index (χ2n) is 3.83. The summed E-state index contributed by atoms with van der Waals surface area (Å²) in [5.41, 5.74) is -0.0908. The molecule has 1 rings (SSSR count). The van der Waals surface area contributed by atoms with Crippen molar-refractivity contribution in [1.82, 2.24) is 9.55 Å². The van der Waals surface area contributed by atoms with Crippen LogP contribution in [-0.4, -0.2) is 32.3 Å². The highest BCUT2D eigenvalue weighted by molar-refractivity contribution is 7.84. The van der Waals surface area contributed by atoms with E-state index in [-0.39, 0.29) is 5.56 Å². The molecule has 0 aliphatic heterocycles. The van der Waals surface area contributed by atoms with Crippen molar-refractivity contribution in [2.75, 3.05) is 23.9 Å². The number of nitrogens with one attached hydrogen (secondary N) is 1. The van der Waals surface area contributed by atoms with Gasteiger partial charge in [-0.25, -0.2) is 4.98 Å². The van der Waals surface area contributed by atoms with E-state index in [1.807, 2.05) is 6.92 Å². The van der Waals surface area contributed by atoms with Gasteiger partial charge in [0.15, 0.2) is 5.82 Å². The zero-order chi connectivity index (χ0) is 12.7. The average molecular weight is 257 g/mol. The molecule has 0 aromatic carbocycles. The van der Waals surface area contributed by atoms with E-state index in [0.717, 1.165) is 12.8 Å². The topological polar surface area (TPSA) is 64.0 Å². The van der Waals surface area contributed by atoms with Crippen LogP contribution in [-0.2, 0) is 17.3 Å². The number of rotatable bonds is 7. The Morgan fingerprint density at radius 1 is 1.53 bits per heavy atom. The first kappa shape index (κ1) is 13.9. The molecule has 6 heteroatoms. The van der Waals surface area contributed by atoms with E-state index >= 15 is 0 Å². The van der Waals surface area contributed by atoms with Crippen molar-refractivity contribution in [2.45, 2.75) is 26.3 Å². The molecule has 5 nitrogen and oxygen atoms in total. The van der Waals surface area contributed by atoms with Crippen molar-refractivity contribution in [3.05, 3.63) is 22.7 Å². The van der Waals surface area contributed by atoms with E-state index in [4.69, 9.17) is 0 Å². The minimum atomic E-state index is -0.780. The molecule has 1 atom stereocenters. The lowest BCUT2D eigenvalue weighted by molar-refractivity contribution is 0.649. The lowest BCUT2D eigenvalue weighted by Crippen LogP contribution is -2.24. The van der Waals surface area contributed by atoms with Gasteiger partial charge in [-0.2, -0.15) is 0 Å². The minimum absolute atomic E-state index is 0.0908. The van der Waals surface area contributed by atoms with Crippen molar-refractivity contribution < 1.29 is 4.21 Å². The van der Waals surface area contributed by atoms with Crippen LogP contribution in [0.2, 0.25) is 0 Å². The van der Waals surface area contributed by atoms with Crippen LogP contribution in [0.25, 0.3) is 0 Å². The Bertz CT molecular complexity index is 431. The van der Waals surface area contributed by atoms with Crippen molar-refractivity contribution >= 4 is 16.6 Å². The van der Waals surface area contributed by atoms with Gasteiger partial charge in [-0.05, 0) is 12.8 Å². The van der Waals surface area contributed by atoms with E-state index in [9.17, 15) is 9.00 Å². The maximum atomic E-state index is 11.9.